The smallest absolute Gasteiger partial charge is 0.131 e. The topological polar surface area (TPSA) is 53.7 Å². The lowest BCUT2D eigenvalue weighted by Gasteiger charge is -2.28. The molecule has 0 saturated heterocycles. The zero-order valence-electron chi connectivity index (χ0n) is 13.0. The van der Waals surface area contributed by atoms with Crippen LogP contribution in [0.5, 0.6) is 0 Å². The zero-order valence-corrected chi connectivity index (χ0v) is 13.0. The van der Waals surface area contributed by atoms with Crippen LogP contribution in [-0.4, -0.2) is 32.5 Å². The lowest BCUT2D eigenvalue weighted by atomic mass is 10.1. The second kappa shape index (κ2) is 6.01. The van der Waals surface area contributed by atoms with Crippen molar-refractivity contribution in [3.8, 4) is 11.3 Å². The van der Waals surface area contributed by atoms with Gasteiger partial charge in [0.1, 0.15) is 12.5 Å². The van der Waals surface area contributed by atoms with Crippen molar-refractivity contribution in [3.05, 3.63) is 48.8 Å². The number of aliphatic hydroxyl groups is 1. The number of nitrogens with zero attached hydrogens (tertiary/aromatic N) is 4. The maximum Gasteiger partial charge on any atom is 0.131 e. The molecule has 5 nitrogen and oxygen atoms in total. The summed E-state index contributed by atoms with van der Waals surface area (Å²) in [6.07, 6.45) is 8.50. The molecular weight excluding hydrogens is 288 g/mol. The molecule has 23 heavy (non-hydrogen) atoms. The maximum atomic E-state index is 9.80. The Morgan fingerprint density at radius 1 is 1.13 bits per heavy atom. The van der Waals surface area contributed by atoms with Gasteiger partial charge in [-0.1, -0.05) is 25.0 Å². The first-order valence-electron chi connectivity index (χ1n) is 8.14. The fraction of sp³-hybridized carbons (Fsp3) is 0.333. The van der Waals surface area contributed by atoms with Gasteiger partial charge in [0.05, 0.1) is 17.4 Å². The average Bonchev–Trinajstić information content (AvgIpc) is 3.25. The molecule has 4 rings (SSSR count). The Hall–Kier alpha value is -2.40. The van der Waals surface area contributed by atoms with Gasteiger partial charge in [0.25, 0.3) is 0 Å². The summed E-state index contributed by atoms with van der Waals surface area (Å²) in [6, 6.07) is 12.4. The lowest BCUT2D eigenvalue weighted by molar-refractivity contribution is 0.275. The molecule has 0 spiro atoms. The Morgan fingerprint density at radius 3 is 2.83 bits per heavy atom. The summed E-state index contributed by atoms with van der Waals surface area (Å²) in [7, 11) is 0. The van der Waals surface area contributed by atoms with E-state index in [1.807, 2.05) is 58.2 Å². The first kappa shape index (κ1) is 14.2. The van der Waals surface area contributed by atoms with E-state index in [0.717, 1.165) is 35.4 Å². The summed E-state index contributed by atoms with van der Waals surface area (Å²) in [5, 5.41) is 14.2. The molecule has 5 heteroatoms. The molecule has 3 heterocycles. The Bertz CT molecular complexity index is 807. The van der Waals surface area contributed by atoms with Crippen molar-refractivity contribution < 1.29 is 5.11 Å². The molecular formula is C18H20N4O. The maximum absolute atomic E-state index is 9.80. The van der Waals surface area contributed by atoms with E-state index in [0.29, 0.717) is 6.04 Å². The standard InChI is InChI=1S/C18H20N4O/c23-13-21(14-6-1-2-7-14)18-10-5-8-16(20-18)15-12-19-22-11-4-3-9-17(15)22/h3-5,8-12,14,23H,1-2,6-7,13H2. The van der Waals surface area contributed by atoms with E-state index in [2.05, 4.69) is 5.10 Å². The lowest BCUT2D eigenvalue weighted by Crippen LogP contribution is -2.34. The number of anilines is 1. The molecule has 0 aliphatic heterocycles. The molecule has 1 fully saturated rings. The Labute approximate surface area is 135 Å². The van der Waals surface area contributed by atoms with E-state index in [1.54, 1.807) is 0 Å². The second-order valence-corrected chi connectivity index (χ2v) is 6.02. The second-order valence-electron chi connectivity index (χ2n) is 6.02. The minimum Gasteiger partial charge on any atom is -0.376 e. The van der Waals surface area contributed by atoms with Crippen molar-refractivity contribution in [2.45, 2.75) is 31.7 Å². The quantitative estimate of drug-likeness (QED) is 0.753. The van der Waals surface area contributed by atoms with E-state index in [-0.39, 0.29) is 6.73 Å². The SMILES string of the molecule is OCN(c1cccc(-c2cnn3ccccc23)n1)C1CCCC1. The molecule has 0 aromatic carbocycles. The zero-order chi connectivity index (χ0) is 15.6. The van der Waals surface area contributed by atoms with E-state index in [4.69, 9.17) is 4.98 Å². The molecule has 0 radical (unpaired) electrons. The van der Waals surface area contributed by atoms with Crippen LogP contribution in [0.3, 0.4) is 0 Å². The monoisotopic (exact) mass is 308 g/mol. The summed E-state index contributed by atoms with van der Waals surface area (Å²) in [5.41, 5.74) is 2.94. The average molecular weight is 308 g/mol. The van der Waals surface area contributed by atoms with E-state index >= 15 is 0 Å². The van der Waals surface area contributed by atoms with Crippen LogP contribution in [-0.2, 0) is 0 Å². The van der Waals surface area contributed by atoms with Crippen LogP contribution < -0.4 is 4.90 Å². The summed E-state index contributed by atoms with van der Waals surface area (Å²) in [4.78, 5) is 6.81. The molecule has 118 valence electrons. The van der Waals surface area contributed by atoms with E-state index < -0.39 is 0 Å². The number of pyridine rings is 2. The van der Waals surface area contributed by atoms with E-state index in [9.17, 15) is 5.11 Å². The number of rotatable bonds is 4. The van der Waals surface area contributed by atoms with Crippen LogP contribution >= 0.6 is 0 Å². The van der Waals surface area contributed by atoms with Crippen LogP contribution in [0.15, 0.2) is 48.8 Å². The van der Waals surface area contributed by atoms with Gasteiger partial charge < -0.3 is 10.0 Å². The van der Waals surface area contributed by atoms with Gasteiger partial charge in [-0.15, -0.1) is 0 Å². The Kier molecular flexibility index (Phi) is 3.71. The normalized spacial score (nSPS) is 15.3. The summed E-state index contributed by atoms with van der Waals surface area (Å²) in [5.74, 6) is 0.840. The molecule has 1 saturated carbocycles. The number of fused-ring (bicyclic) bond motifs is 1. The molecule has 0 amide bonds. The molecule has 0 unspecified atom stereocenters. The third-order valence-corrected chi connectivity index (χ3v) is 4.65. The van der Waals surface area contributed by atoms with Crippen molar-refractivity contribution in [3.63, 3.8) is 0 Å². The van der Waals surface area contributed by atoms with Gasteiger partial charge in [-0.05, 0) is 37.1 Å². The molecule has 0 bridgehead atoms. The molecule has 1 aliphatic rings. The van der Waals surface area contributed by atoms with Gasteiger partial charge in [0.2, 0.25) is 0 Å². The minimum absolute atomic E-state index is 0.00980. The van der Waals surface area contributed by atoms with Gasteiger partial charge in [-0.2, -0.15) is 5.10 Å². The highest BCUT2D eigenvalue weighted by Crippen LogP contribution is 2.29. The predicted molar refractivity (Wildman–Crippen MR) is 90.2 cm³/mol. The van der Waals surface area contributed by atoms with Crippen LogP contribution in [0.2, 0.25) is 0 Å². The highest BCUT2D eigenvalue weighted by Gasteiger charge is 2.23. The van der Waals surface area contributed by atoms with Gasteiger partial charge in [0.15, 0.2) is 0 Å². The summed E-state index contributed by atoms with van der Waals surface area (Å²) >= 11 is 0. The predicted octanol–water partition coefficient (Wildman–Crippen LogP) is 3.10. The van der Waals surface area contributed by atoms with Crippen LogP contribution in [0.4, 0.5) is 5.82 Å². The van der Waals surface area contributed by atoms with Crippen LogP contribution in [0, 0.1) is 0 Å². The number of aromatic nitrogens is 3. The molecule has 3 aromatic rings. The van der Waals surface area contributed by atoms with Gasteiger partial charge in [0, 0.05) is 17.8 Å². The fourth-order valence-electron chi connectivity index (χ4n) is 3.46. The van der Waals surface area contributed by atoms with Crippen molar-refractivity contribution >= 4 is 11.3 Å². The van der Waals surface area contributed by atoms with Crippen molar-refractivity contribution in [2.75, 3.05) is 11.6 Å². The van der Waals surface area contributed by atoms with Gasteiger partial charge in [-0.3, -0.25) is 0 Å². The minimum atomic E-state index is 0.00980. The third kappa shape index (κ3) is 2.57. The number of hydrogen-bond donors (Lipinski definition) is 1. The van der Waals surface area contributed by atoms with E-state index in [1.165, 1.54) is 12.8 Å². The van der Waals surface area contributed by atoms with Crippen LogP contribution in [0.25, 0.3) is 16.8 Å². The van der Waals surface area contributed by atoms with Crippen molar-refractivity contribution in [1.82, 2.24) is 14.6 Å². The molecule has 1 aliphatic carbocycles. The Balaban J connectivity index is 1.73. The van der Waals surface area contributed by atoms with Crippen molar-refractivity contribution in [2.24, 2.45) is 0 Å². The van der Waals surface area contributed by atoms with Gasteiger partial charge >= 0.3 is 0 Å². The Morgan fingerprint density at radius 2 is 2.00 bits per heavy atom. The largest absolute Gasteiger partial charge is 0.376 e. The molecule has 0 atom stereocenters. The van der Waals surface area contributed by atoms with Gasteiger partial charge in [-0.25, -0.2) is 9.50 Å². The molecule has 1 N–H and O–H groups in total. The highest BCUT2D eigenvalue weighted by atomic mass is 16.3. The number of hydrogen-bond acceptors (Lipinski definition) is 4. The van der Waals surface area contributed by atoms with Crippen LogP contribution in [0.1, 0.15) is 25.7 Å². The summed E-state index contributed by atoms with van der Waals surface area (Å²) in [6.45, 7) is 0.00980. The number of aliphatic hydroxyl groups excluding tert-OH is 1. The fourth-order valence-corrected chi connectivity index (χ4v) is 3.46. The summed E-state index contributed by atoms with van der Waals surface area (Å²) < 4.78 is 1.85. The first-order valence-corrected chi connectivity index (χ1v) is 8.14. The molecule has 3 aromatic heterocycles. The first-order chi connectivity index (χ1) is 11.4. The third-order valence-electron chi connectivity index (χ3n) is 4.65. The van der Waals surface area contributed by atoms with Crippen molar-refractivity contribution in [1.29, 1.82) is 0 Å². The highest BCUT2D eigenvalue weighted by molar-refractivity contribution is 5.78.